The first-order chi connectivity index (χ1) is 8.40. The molecule has 0 aliphatic carbocycles. The van der Waals surface area contributed by atoms with Gasteiger partial charge in [0.2, 0.25) is 11.0 Å². The summed E-state index contributed by atoms with van der Waals surface area (Å²) in [5, 5.41) is 2.54. The Morgan fingerprint density at radius 2 is 1.41 bits per heavy atom. The van der Waals surface area contributed by atoms with E-state index in [1.165, 1.54) is 21.8 Å². The number of allylic oxidation sites excluding steroid dienone is 1. The van der Waals surface area contributed by atoms with Crippen LogP contribution in [0.25, 0.3) is 21.8 Å². The highest BCUT2D eigenvalue weighted by atomic mass is 15.0. The third-order valence-electron chi connectivity index (χ3n) is 3.08. The second-order valence-electron chi connectivity index (χ2n) is 4.16. The van der Waals surface area contributed by atoms with Gasteiger partial charge < -0.3 is 0 Å². The molecule has 0 bridgehead atoms. The molecule has 0 aliphatic heterocycles. The number of hydrogen-bond donors (Lipinski definition) is 0. The minimum atomic E-state index is 0.835. The monoisotopic (exact) mass is 220 g/mol. The fraction of sp³-hybridized carbons (Fsp3) is 0.0625. The van der Waals surface area contributed by atoms with Crippen LogP contribution >= 0.6 is 0 Å². The lowest BCUT2D eigenvalue weighted by atomic mass is 10.1. The third kappa shape index (κ3) is 1.60. The van der Waals surface area contributed by atoms with Gasteiger partial charge in [0.25, 0.3) is 0 Å². The highest BCUT2D eigenvalue weighted by Gasteiger charge is 2.12. The highest BCUT2D eigenvalue weighted by Crippen LogP contribution is 2.17. The predicted octanol–water partition coefficient (Wildman–Crippen LogP) is 3.47. The molecule has 1 aromatic heterocycles. The molecule has 0 amide bonds. The molecular weight excluding hydrogens is 206 g/mol. The molecule has 2 aromatic carbocycles. The van der Waals surface area contributed by atoms with E-state index in [-0.39, 0.29) is 0 Å². The van der Waals surface area contributed by atoms with E-state index in [0.717, 1.165) is 6.54 Å². The molecule has 0 spiro atoms. The smallest absolute Gasteiger partial charge is 0.188 e. The average Bonchev–Trinajstić information content (AvgIpc) is 2.39. The first-order valence-corrected chi connectivity index (χ1v) is 5.81. The van der Waals surface area contributed by atoms with Crippen LogP contribution < -0.4 is 4.57 Å². The van der Waals surface area contributed by atoms with Crippen LogP contribution in [0.4, 0.5) is 0 Å². The number of pyridine rings is 1. The van der Waals surface area contributed by atoms with E-state index in [1.54, 1.807) is 0 Å². The van der Waals surface area contributed by atoms with Crippen molar-refractivity contribution in [3.8, 4) is 0 Å². The lowest BCUT2D eigenvalue weighted by molar-refractivity contribution is -0.634. The molecular formula is C16H14N+. The second-order valence-corrected chi connectivity index (χ2v) is 4.16. The van der Waals surface area contributed by atoms with Crippen molar-refractivity contribution in [2.45, 2.75) is 6.54 Å². The van der Waals surface area contributed by atoms with E-state index >= 15 is 0 Å². The molecule has 82 valence electrons. The van der Waals surface area contributed by atoms with Gasteiger partial charge in [0.15, 0.2) is 6.54 Å². The molecule has 3 rings (SSSR count). The molecule has 0 aliphatic rings. The predicted molar refractivity (Wildman–Crippen MR) is 71.8 cm³/mol. The Morgan fingerprint density at radius 1 is 0.882 bits per heavy atom. The topological polar surface area (TPSA) is 3.88 Å². The standard InChI is InChI=1S/C16H14N/c1-2-11-17-15-9-5-3-7-13(15)12-14-8-4-6-10-16(14)17/h2-10,12H,1,11H2/q+1. The largest absolute Gasteiger partial charge is 0.213 e. The molecule has 1 nitrogen and oxygen atoms in total. The number of para-hydroxylation sites is 2. The molecule has 0 radical (unpaired) electrons. The summed E-state index contributed by atoms with van der Waals surface area (Å²) in [7, 11) is 0. The van der Waals surface area contributed by atoms with E-state index < -0.39 is 0 Å². The van der Waals surface area contributed by atoms with Gasteiger partial charge in [-0.3, -0.25) is 0 Å². The lowest BCUT2D eigenvalue weighted by Gasteiger charge is -2.03. The van der Waals surface area contributed by atoms with Crippen molar-refractivity contribution in [3.05, 3.63) is 67.3 Å². The fourth-order valence-electron chi connectivity index (χ4n) is 2.33. The molecule has 0 atom stereocenters. The summed E-state index contributed by atoms with van der Waals surface area (Å²) in [4.78, 5) is 0. The van der Waals surface area contributed by atoms with Gasteiger partial charge in [-0.1, -0.05) is 30.8 Å². The summed E-state index contributed by atoms with van der Waals surface area (Å²) in [5.41, 5.74) is 2.51. The summed E-state index contributed by atoms with van der Waals surface area (Å²) in [6.07, 6.45) is 1.94. The van der Waals surface area contributed by atoms with E-state index in [9.17, 15) is 0 Å². The first-order valence-electron chi connectivity index (χ1n) is 5.81. The van der Waals surface area contributed by atoms with Crippen LogP contribution in [0.3, 0.4) is 0 Å². The maximum Gasteiger partial charge on any atom is 0.213 e. The Hall–Kier alpha value is -2.15. The normalized spacial score (nSPS) is 10.8. The number of fused-ring (bicyclic) bond motifs is 2. The van der Waals surface area contributed by atoms with Gasteiger partial charge in [0.1, 0.15) is 0 Å². The Labute approximate surface area is 101 Å². The number of benzene rings is 2. The molecule has 1 heteroatoms. The first kappa shape index (κ1) is 10.0. The maximum absolute atomic E-state index is 3.85. The van der Waals surface area contributed by atoms with Crippen molar-refractivity contribution < 1.29 is 4.57 Å². The van der Waals surface area contributed by atoms with Crippen LogP contribution in [-0.4, -0.2) is 0 Å². The zero-order valence-corrected chi connectivity index (χ0v) is 9.63. The minimum Gasteiger partial charge on any atom is -0.188 e. The zero-order valence-electron chi connectivity index (χ0n) is 9.63. The van der Waals surface area contributed by atoms with E-state index in [4.69, 9.17) is 0 Å². The van der Waals surface area contributed by atoms with Crippen molar-refractivity contribution in [3.63, 3.8) is 0 Å². The molecule has 3 aromatic rings. The highest BCUT2D eigenvalue weighted by molar-refractivity contribution is 5.88. The van der Waals surface area contributed by atoms with Crippen molar-refractivity contribution in [2.24, 2.45) is 0 Å². The SMILES string of the molecule is C=CC[n+]1c2ccccc2cc2ccccc21. The molecule has 17 heavy (non-hydrogen) atoms. The van der Waals surface area contributed by atoms with Crippen LogP contribution in [0.5, 0.6) is 0 Å². The molecule has 0 N–H and O–H groups in total. The lowest BCUT2D eigenvalue weighted by Crippen LogP contribution is -2.34. The van der Waals surface area contributed by atoms with Gasteiger partial charge in [-0.15, -0.1) is 0 Å². The van der Waals surface area contributed by atoms with Crippen LogP contribution in [0, 0.1) is 0 Å². The summed E-state index contributed by atoms with van der Waals surface area (Å²) in [6.45, 7) is 4.68. The quantitative estimate of drug-likeness (QED) is 0.354. The summed E-state index contributed by atoms with van der Waals surface area (Å²) in [6, 6.07) is 19.2. The number of rotatable bonds is 2. The van der Waals surface area contributed by atoms with Gasteiger partial charge in [-0.05, 0) is 24.3 Å². The number of aromatic nitrogens is 1. The van der Waals surface area contributed by atoms with Crippen LogP contribution in [-0.2, 0) is 6.54 Å². The Morgan fingerprint density at radius 3 is 1.94 bits per heavy atom. The summed E-state index contributed by atoms with van der Waals surface area (Å²) >= 11 is 0. The Bertz CT molecular complexity index is 644. The molecule has 0 fully saturated rings. The van der Waals surface area contributed by atoms with Crippen LogP contribution in [0.15, 0.2) is 67.3 Å². The van der Waals surface area contributed by atoms with Crippen molar-refractivity contribution >= 4 is 21.8 Å². The van der Waals surface area contributed by atoms with E-state index in [2.05, 4.69) is 65.7 Å². The van der Waals surface area contributed by atoms with Crippen LogP contribution in [0.1, 0.15) is 0 Å². The van der Waals surface area contributed by atoms with Crippen LogP contribution in [0.2, 0.25) is 0 Å². The number of nitrogens with zero attached hydrogens (tertiary/aromatic N) is 1. The van der Waals surface area contributed by atoms with Crippen molar-refractivity contribution in [2.75, 3.05) is 0 Å². The van der Waals surface area contributed by atoms with Gasteiger partial charge in [0, 0.05) is 22.9 Å². The molecule has 0 saturated heterocycles. The van der Waals surface area contributed by atoms with E-state index in [0.29, 0.717) is 0 Å². The average molecular weight is 220 g/mol. The van der Waals surface area contributed by atoms with Gasteiger partial charge >= 0.3 is 0 Å². The number of hydrogen-bond acceptors (Lipinski definition) is 0. The van der Waals surface area contributed by atoms with Crippen molar-refractivity contribution in [1.82, 2.24) is 0 Å². The molecule has 1 heterocycles. The Balaban J connectivity index is 2.51. The zero-order chi connectivity index (χ0) is 11.7. The summed E-state index contributed by atoms with van der Waals surface area (Å²) in [5.74, 6) is 0. The molecule has 0 saturated carbocycles. The maximum atomic E-state index is 3.85. The fourth-order valence-corrected chi connectivity index (χ4v) is 2.33. The van der Waals surface area contributed by atoms with Crippen molar-refractivity contribution in [1.29, 1.82) is 0 Å². The summed E-state index contributed by atoms with van der Waals surface area (Å²) < 4.78 is 2.30. The second kappa shape index (κ2) is 4.02. The third-order valence-corrected chi connectivity index (χ3v) is 3.08. The Kier molecular flexibility index (Phi) is 2.37. The van der Waals surface area contributed by atoms with E-state index in [1.807, 2.05) is 6.08 Å². The van der Waals surface area contributed by atoms with Gasteiger partial charge in [-0.25, -0.2) is 0 Å². The van der Waals surface area contributed by atoms with Gasteiger partial charge in [-0.2, -0.15) is 4.57 Å². The van der Waals surface area contributed by atoms with Gasteiger partial charge in [0.05, 0.1) is 0 Å². The minimum absolute atomic E-state index is 0.835. The molecule has 0 unspecified atom stereocenters.